The van der Waals surface area contributed by atoms with Gasteiger partial charge in [0.05, 0.1) is 6.04 Å². The van der Waals surface area contributed by atoms with Crippen LogP contribution in [0.1, 0.15) is 41.9 Å². The average Bonchev–Trinajstić information content (AvgIpc) is 2.97. The van der Waals surface area contributed by atoms with Crippen LogP contribution in [0, 0.1) is 0 Å². The fourth-order valence-corrected chi connectivity index (χ4v) is 2.94. The highest BCUT2D eigenvalue weighted by molar-refractivity contribution is 5.94. The summed E-state index contributed by atoms with van der Waals surface area (Å²) < 4.78 is 2.26. The van der Waals surface area contributed by atoms with Gasteiger partial charge in [0.2, 0.25) is 0 Å². The van der Waals surface area contributed by atoms with E-state index in [4.69, 9.17) is 0 Å². The zero-order valence-corrected chi connectivity index (χ0v) is 11.7. The van der Waals surface area contributed by atoms with Gasteiger partial charge in [0.1, 0.15) is 0 Å². The number of hydrogen-bond donors (Lipinski definition) is 0. The molecule has 1 amide bonds. The molecule has 104 valence electrons. The van der Waals surface area contributed by atoms with Gasteiger partial charge < -0.3 is 9.47 Å². The lowest BCUT2D eigenvalue weighted by Gasteiger charge is -2.37. The number of fused-ring (bicyclic) bond motifs is 1. The number of rotatable bonds is 3. The molecule has 1 unspecified atom stereocenters. The van der Waals surface area contributed by atoms with Crippen LogP contribution in [0.25, 0.3) is 0 Å². The first-order valence-electron chi connectivity index (χ1n) is 7.17. The molecule has 1 atom stereocenters. The van der Waals surface area contributed by atoms with Gasteiger partial charge in [-0.05, 0) is 30.7 Å². The first kappa shape index (κ1) is 12.9. The number of amides is 1. The van der Waals surface area contributed by atoms with Crippen LogP contribution in [-0.4, -0.2) is 26.9 Å². The molecule has 2 aromatic heterocycles. The normalized spacial score (nSPS) is 17.9. The first-order valence-corrected chi connectivity index (χ1v) is 7.17. The van der Waals surface area contributed by atoms with Crippen molar-refractivity contribution in [2.24, 2.45) is 0 Å². The maximum Gasteiger partial charge on any atom is 0.254 e. The summed E-state index contributed by atoms with van der Waals surface area (Å²) in [6.45, 7) is 3.81. The Morgan fingerprint density at radius 3 is 2.85 bits per heavy atom. The standard InChI is InChI=1S/C16H19N3O/c1-2-4-15-14-5-3-10-18(14)11-12-19(15)16(20)13-6-8-17-9-7-13/h3,5-10,15H,2,4,11-12H2,1H3. The van der Waals surface area contributed by atoms with Crippen LogP contribution in [0.15, 0.2) is 42.9 Å². The maximum atomic E-state index is 12.7. The molecule has 0 fully saturated rings. The molecule has 2 aromatic rings. The number of aromatic nitrogens is 2. The molecule has 4 heteroatoms. The summed E-state index contributed by atoms with van der Waals surface area (Å²) in [7, 11) is 0. The van der Waals surface area contributed by atoms with E-state index in [-0.39, 0.29) is 11.9 Å². The van der Waals surface area contributed by atoms with Crippen molar-refractivity contribution in [3.63, 3.8) is 0 Å². The summed E-state index contributed by atoms with van der Waals surface area (Å²) in [5, 5.41) is 0. The molecule has 3 heterocycles. The van der Waals surface area contributed by atoms with E-state index >= 15 is 0 Å². The molecule has 1 aliphatic heterocycles. The highest BCUT2D eigenvalue weighted by atomic mass is 16.2. The van der Waals surface area contributed by atoms with E-state index in [1.807, 2.05) is 4.90 Å². The van der Waals surface area contributed by atoms with Gasteiger partial charge in [-0.15, -0.1) is 0 Å². The third-order valence-electron chi connectivity index (χ3n) is 3.91. The second-order valence-corrected chi connectivity index (χ2v) is 5.17. The van der Waals surface area contributed by atoms with Gasteiger partial charge in [-0.1, -0.05) is 13.3 Å². The molecule has 0 N–H and O–H groups in total. The fourth-order valence-electron chi connectivity index (χ4n) is 2.94. The molecule has 0 saturated carbocycles. The molecule has 4 nitrogen and oxygen atoms in total. The quantitative estimate of drug-likeness (QED) is 0.859. The summed E-state index contributed by atoms with van der Waals surface area (Å²) in [5.74, 6) is 0.110. The third-order valence-corrected chi connectivity index (χ3v) is 3.91. The van der Waals surface area contributed by atoms with Gasteiger partial charge in [-0.25, -0.2) is 0 Å². The number of hydrogen-bond acceptors (Lipinski definition) is 2. The van der Waals surface area contributed by atoms with Crippen molar-refractivity contribution in [1.82, 2.24) is 14.5 Å². The van der Waals surface area contributed by atoms with Gasteiger partial charge >= 0.3 is 0 Å². The minimum atomic E-state index is 0.110. The van der Waals surface area contributed by atoms with Gasteiger partial charge in [0, 0.05) is 42.9 Å². The zero-order valence-electron chi connectivity index (χ0n) is 11.7. The maximum absolute atomic E-state index is 12.7. The van der Waals surface area contributed by atoms with Crippen LogP contribution in [0.3, 0.4) is 0 Å². The molecule has 1 aliphatic rings. The van der Waals surface area contributed by atoms with Gasteiger partial charge in [-0.3, -0.25) is 9.78 Å². The van der Waals surface area contributed by atoms with Gasteiger partial charge in [0.15, 0.2) is 0 Å². The summed E-state index contributed by atoms with van der Waals surface area (Å²) in [4.78, 5) is 18.7. The van der Waals surface area contributed by atoms with Crippen LogP contribution in [-0.2, 0) is 6.54 Å². The van der Waals surface area contributed by atoms with Crippen molar-refractivity contribution in [3.8, 4) is 0 Å². The van der Waals surface area contributed by atoms with E-state index in [1.165, 1.54) is 5.69 Å². The van der Waals surface area contributed by atoms with Gasteiger partial charge in [-0.2, -0.15) is 0 Å². The Hall–Kier alpha value is -2.10. The SMILES string of the molecule is CCCC1c2cccn2CCN1C(=O)c1ccncc1. The van der Waals surface area contributed by atoms with Crippen LogP contribution >= 0.6 is 0 Å². The van der Waals surface area contributed by atoms with Crippen molar-refractivity contribution < 1.29 is 4.79 Å². The number of carbonyl (C=O) groups excluding carboxylic acids is 1. The lowest BCUT2D eigenvalue weighted by Crippen LogP contribution is -2.41. The summed E-state index contributed by atoms with van der Waals surface area (Å²) >= 11 is 0. The van der Waals surface area contributed by atoms with E-state index in [2.05, 4.69) is 34.8 Å². The third kappa shape index (κ3) is 2.22. The van der Waals surface area contributed by atoms with Crippen molar-refractivity contribution in [2.75, 3.05) is 6.54 Å². The van der Waals surface area contributed by atoms with E-state index < -0.39 is 0 Å². The Labute approximate surface area is 119 Å². The average molecular weight is 269 g/mol. The number of pyridine rings is 1. The van der Waals surface area contributed by atoms with E-state index in [0.717, 1.165) is 31.5 Å². The lowest BCUT2D eigenvalue weighted by molar-refractivity contribution is 0.0611. The van der Waals surface area contributed by atoms with E-state index in [9.17, 15) is 4.79 Å². The smallest absolute Gasteiger partial charge is 0.254 e. The molecule has 0 aliphatic carbocycles. The second-order valence-electron chi connectivity index (χ2n) is 5.17. The van der Waals surface area contributed by atoms with Crippen LogP contribution in [0.4, 0.5) is 0 Å². The fraction of sp³-hybridized carbons (Fsp3) is 0.375. The van der Waals surface area contributed by atoms with Crippen molar-refractivity contribution in [2.45, 2.75) is 32.4 Å². The van der Waals surface area contributed by atoms with Crippen LogP contribution in [0.2, 0.25) is 0 Å². The summed E-state index contributed by atoms with van der Waals surface area (Å²) in [6.07, 6.45) is 7.52. The predicted molar refractivity (Wildman–Crippen MR) is 77.4 cm³/mol. The molecule has 0 spiro atoms. The molecular weight excluding hydrogens is 250 g/mol. The minimum Gasteiger partial charge on any atom is -0.348 e. The van der Waals surface area contributed by atoms with Crippen molar-refractivity contribution in [1.29, 1.82) is 0 Å². The molecular formula is C16H19N3O. The minimum absolute atomic E-state index is 0.110. The highest BCUT2D eigenvalue weighted by Gasteiger charge is 2.30. The monoisotopic (exact) mass is 269 g/mol. The Bertz CT molecular complexity index is 591. The van der Waals surface area contributed by atoms with Crippen molar-refractivity contribution in [3.05, 3.63) is 54.1 Å². The highest BCUT2D eigenvalue weighted by Crippen LogP contribution is 2.31. The van der Waals surface area contributed by atoms with Crippen LogP contribution < -0.4 is 0 Å². The van der Waals surface area contributed by atoms with Gasteiger partial charge in [0.25, 0.3) is 5.91 Å². The summed E-state index contributed by atoms with van der Waals surface area (Å²) in [6, 6.07) is 7.97. The number of nitrogens with zero attached hydrogens (tertiary/aromatic N) is 3. The Balaban J connectivity index is 1.91. The predicted octanol–water partition coefficient (Wildman–Crippen LogP) is 2.88. The molecule has 0 aromatic carbocycles. The molecule has 0 radical (unpaired) electrons. The second kappa shape index (κ2) is 5.49. The number of carbonyl (C=O) groups is 1. The van der Waals surface area contributed by atoms with E-state index in [0.29, 0.717) is 0 Å². The Kier molecular flexibility index (Phi) is 3.54. The molecule has 3 rings (SSSR count). The topological polar surface area (TPSA) is 38.1 Å². The Morgan fingerprint density at radius 2 is 2.10 bits per heavy atom. The zero-order chi connectivity index (χ0) is 13.9. The molecule has 20 heavy (non-hydrogen) atoms. The van der Waals surface area contributed by atoms with Crippen LogP contribution in [0.5, 0.6) is 0 Å². The first-order chi connectivity index (χ1) is 9.81. The summed E-state index contributed by atoms with van der Waals surface area (Å²) in [5.41, 5.74) is 1.97. The Morgan fingerprint density at radius 1 is 1.30 bits per heavy atom. The molecule has 0 saturated heterocycles. The molecule has 0 bridgehead atoms. The largest absolute Gasteiger partial charge is 0.348 e. The lowest BCUT2D eigenvalue weighted by atomic mass is 10.0. The van der Waals surface area contributed by atoms with E-state index in [1.54, 1.807) is 24.5 Å². The van der Waals surface area contributed by atoms with Crippen molar-refractivity contribution >= 4 is 5.91 Å².